The van der Waals surface area contributed by atoms with Crippen molar-refractivity contribution in [3.8, 4) is 0 Å². The Labute approximate surface area is 102 Å². The van der Waals surface area contributed by atoms with E-state index in [2.05, 4.69) is 5.32 Å². The molecule has 16 heavy (non-hydrogen) atoms. The van der Waals surface area contributed by atoms with Gasteiger partial charge in [0.15, 0.2) is 0 Å². The second kappa shape index (κ2) is 5.18. The van der Waals surface area contributed by atoms with Crippen molar-refractivity contribution in [3.63, 3.8) is 0 Å². The number of hydrogen-bond acceptors (Lipinski definition) is 3. The zero-order chi connectivity index (χ0) is 11.4. The summed E-state index contributed by atoms with van der Waals surface area (Å²) in [6.07, 6.45) is 2.39. The standard InChI is InChI=1S/C11H10ClNO2S/c12-11(14)13-7-10-8(3-5-16-10)6-9-2-1-4-15-9/h1-5H,6-7H2,(H,13,14). The summed E-state index contributed by atoms with van der Waals surface area (Å²) in [6.45, 7) is 0.468. The molecule has 0 aromatic carbocycles. The molecule has 5 heteroatoms. The van der Waals surface area contributed by atoms with E-state index in [0.29, 0.717) is 6.54 Å². The van der Waals surface area contributed by atoms with Gasteiger partial charge in [0.1, 0.15) is 5.76 Å². The van der Waals surface area contributed by atoms with Crippen molar-refractivity contribution >= 4 is 28.3 Å². The number of furan rings is 1. The van der Waals surface area contributed by atoms with Crippen molar-refractivity contribution in [2.45, 2.75) is 13.0 Å². The number of halogens is 1. The highest BCUT2D eigenvalue weighted by Gasteiger charge is 2.07. The van der Waals surface area contributed by atoms with Gasteiger partial charge in [-0.3, -0.25) is 4.79 Å². The van der Waals surface area contributed by atoms with E-state index in [1.165, 1.54) is 0 Å². The predicted octanol–water partition coefficient (Wildman–Crippen LogP) is 3.38. The van der Waals surface area contributed by atoms with E-state index in [9.17, 15) is 4.79 Å². The van der Waals surface area contributed by atoms with Gasteiger partial charge in [0.2, 0.25) is 0 Å². The summed E-state index contributed by atoms with van der Waals surface area (Å²) in [6, 6.07) is 5.83. The molecule has 0 spiro atoms. The molecule has 0 bridgehead atoms. The number of carbonyl (C=O) groups is 1. The van der Waals surface area contributed by atoms with Crippen molar-refractivity contribution in [1.82, 2.24) is 5.32 Å². The Morgan fingerprint density at radius 3 is 3.06 bits per heavy atom. The maximum atomic E-state index is 10.6. The summed E-state index contributed by atoms with van der Waals surface area (Å²) in [4.78, 5) is 11.7. The molecule has 3 nitrogen and oxygen atoms in total. The van der Waals surface area contributed by atoms with Crippen LogP contribution in [0.25, 0.3) is 0 Å². The quantitative estimate of drug-likeness (QED) is 0.672. The molecule has 0 saturated carbocycles. The number of carbonyl (C=O) groups excluding carboxylic acids is 1. The van der Waals surface area contributed by atoms with Crippen LogP contribution >= 0.6 is 22.9 Å². The van der Waals surface area contributed by atoms with Gasteiger partial charge in [-0.1, -0.05) is 0 Å². The zero-order valence-electron chi connectivity index (χ0n) is 8.40. The molecule has 0 atom stereocenters. The summed E-state index contributed by atoms with van der Waals surface area (Å²) in [7, 11) is 0. The van der Waals surface area contributed by atoms with Gasteiger partial charge >= 0.3 is 5.37 Å². The lowest BCUT2D eigenvalue weighted by Crippen LogP contribution is -2.15. The fourth-order valence-electron chi connectivity index (χ4n) is 1.43. The minimum atomic E-state index is -0.530. The van der Waals surface area contributed by atoms with Crippen LogP contribution in [0.4, 0.5) is 4.79 Å². The van der Waals surface area contributed by atoms with Crippen LogP contribution in [0.1, 0.15) is 16.2 Å². The van der Waals surface area contributed by atoms with Crippen LogP contribution in [0.3, 0.4) is 0 Å². The van der Waals surface area contributed by atoms with Gasteiger partial charge in [-0.2, -0.15) is 0 Å². The molecule has 0 fully saturated rings. The molecular formula is C11H10ClNO2S. The number of nitrogens with one attached hydrogen (secondary N) is 1. The van der Waals surface area contributed by atoms with Crippen molar-refractivity contribution in [1.29, 1.82) is 0 Å². The van der Waals surface area contributed by atoms with Gasteiger partial charge in [-0.15, -0.1) is 11.3 Å². The van der Waals surface area contributed by atoms with E-state index in [0.717, 1.165) is 22.6 Å². The third-order valence-corrected chi connectivity index (χ3v) is 3.27. The van der Waals surface area contributed by atoms with Crippen LogP contribution in [0.15, 0.2) is 34.3 Å². The number of hydrogen-bond donors (Lipinski definition) is 1. The largest absolute Gasteiger partial charge is 0.469 e. The predicted molar refractivity (Wildman–Crippen MR) is 63.9 cm³/mol. The first-order chi connectivity index (χ1) is 7.75. The molecule has 0 saturated heterocycles. The van der Waals surface area contributed by atoms with Crippen LogP contribution in [0.5, 0.6) is 0 Å². The Balaban J connectivity index is 2.04. The Morgan fingerprint density at radius 2 is 2.38 bits per heavy atom. The van der Waals surface area contributed by atoms with Gasteiger partial charge in [0.25, 0.3) is 0 Å². The molecule has 0 aliphatic carbocycles. The Morgan fingerprint density at radius 1 is 1.50 bits per heavy atom. The molecule has 2 heterocycles. The first-order valence-electron chi connectivity index (χ1n) is 4.76. The first kappa shape index (κ1) is 11.2. The fourth-order valence-corrected chi connectivity index (χ4v) is 2.34. The van der Waals surface area contributed by atoms with Gasteiger partial charge in [0, 0.05) is 11.3 Å². The summed E-state index contributed by atoms with van der Waals surface area (Å²) in [5.74, 6) is 0.914. The minimum absolute atomic E-state index is 0.468. The molecule has 1 amide bonds. The maximum Gasteiger partial charge on any atom is 0.314 e. The van der Waals surface area contributed by atoms with Crippen molar-refractivity contribution in [2.24, 2.45) is 0 Å². The molecule has 0 aliphatic heterocycles. The van der Waals surface area contributed by atoms with Gasteiger partial charge in [-0.25, -0.2) is 0 Å². The Kier molecular flexibility index (Phi) is 3.64. The summed E-state index contributed by atoms with van der Waals surface area (Å²) < 4.78 is 5.28. The van der Waals surface area contributed by atoms with Crippen LogP contribution in [0.2, 0.25) is 0 Å². The molecule has 1 N–H and O–H groups in total. The number of rotatable bonds is 4. The molecule has 2 aromatic rings. The van der Waals surface area contributed by atoms with E-state index < -0.39 is 5.37 Å². The molecule has 2 rings (SSSR count). The summed E-state index contributed by atoms with van der Waals surface area (Å²) >= 11 is 6.82. The van der Waals surface area contributed by atoms with Crippen molar-refractivity contribution in [3.05, 3.63) is 46.0 Å². The first-order valence-corrected chi connectivity index (χ1v) is 6.02. The number of thiophene rings is 1. The van der Waals surface area contributed by atoms with Crippen LogP contribution in [0, 0.1) is 0 Å². The van der Waals surface area contributed by atoms with E-state index in [-0.39, 0.29) is 0 Å². The lowest BCUT2D eigenvalue weighted by atomic mass is 10.1. The normalized spacial score (nSPS) is 10.3. The SMILES string of the molecule is O=C(Cl)NCc1sccc1Cc1ccco1. The highest BCUT2D eigenvalue weighted by Crippen LogP contribution is 2.20. The van der Waals surface area contributed by atoms with Gasteiger partial charge in [0.05, 0.1) is 12.8 Å². The van der Waals surface area contributed by atoms with Crippen LogP contribution < -0.4 is 5.32 Å². The molecule has 2 aromatic heterocycles. The number of amides is 1. The van der Waals surface area contributed by atoms with E-state index in [1.54, 1.807) is 17.6 Å². The third kappa shape index (κ3) is 2.87. The lowest BCUT2D eigenvalue weighted by molar-refractivity contribution is 0.259. The molecule has 84 valence electrons. The Hall–Kier alpha value is -1.26. The highest BCUT2D eigenvalue weighted by molar-refractivity contribution is 7.10. The van der Waals surface area contributed by atoms with E-state index in [4.69, 9.17) is 16.0 Å². The third-order valence-electron chi connectivity index (χ3n) is 2.17. The van der Waals surface area contributed by atoms with Crippen molar-refractivity contribution in [2.75, 3.05) is 0 Å². The molecule has 0 radical (unpaired) electrons. The monoisotopic (exact) mass is 255 g/mol. The average Bonchev–Trinajstić information content (AvgIpc) is 2.87. The second-order valence-corrected chi connectivity index (χ2v) is 4.60. The maximum absolute atomic E-state index is 10.6. The van der Waals surface area contributed by atoms with Gasteiger partial charge < -0.3 is 9.73 Å². The van der Waals surface area contributed by atoms with E-state index >= 15 is 0 Å². The smallest absolute Gasteiger partial charge is 0.314 e. The minimum Gasteiger partial charge on any atom is -0.469 e. The van der Waals surface area contributed by atoms with Crippen LogP contribution in [-0.2, 0) is 13.0 Å². The molecule has 0 aliphatic rings. The molecular weight excluding hydrogens is 246 g/mol. The average molecular weight is 256 g/mol. The highest BCUT2D eigenvalue weighted by atomic mass is 35.5. The Bertz CT molecular complexity index is 464. The molecule has 0 unspecified atom stereocenters. The zero-order valence-corrected chi connectivity index (χ0v) is 9.98. The van der Waals surface area contributed by atoms with Crippen molar-refractivity contribution < 1.29 is 9.21 Å². The summed E-state index contributed by atoms with van der Waals surface area (Å²) in [5.41, 5.74) is 1.16. The lowest BCUT2D eigenvalue weighted by Gasteiger charge is -2.02. The fraction of sp³-hybridized carbons (Fsp3) is 0.182. The van der Waals surface area contributed by atoms with Crippen LogP contribution in [-0.4, -0.2) is 5.37 Å². The topological polar surface area (TPSA) is 42.2 Å². The summed E-state index contributed by atoms with van der Waals surface area (Å²) in [5, 5.41) is 4.04. The van der Waals surface area contributed by atoms with E-state index in [1.807, 2.05) is 23.6 Å². The second-order valence-electron chi connectivity index (χ2n) is 3.25. The van der Waals surface area contributed by atoms with Gasteiger partial charge in [-0.05, 0) is 40.7 Å².